The lowest BCUT2D eigenvalue weighted by Gasteiger charge is -2.25. The van der Waals surface area contributed by atoms with Crippen LogP contribution in [0.5, 0.6) is 5.75 Å². The summed E-state index contributed by atoms with van der Waals surface area (Å²) in [5, 5.41) is 0.495. The first kappa shape index (κ1) is 18.9. The van der Waals surface area contributed by atoms with Crippen molar-refractivity contribution in [1.82, 2.24) is 4.90 Å². The summed E-state index contributed by atoms with van der Waals surface area (Å²) in [7, 11) is 3.20. The van der Waals surface area contributed by atoms with E-state index >= 15 is 0 Å². The normalized spacial score (nSPS) is 16.7. The Morgan fingerprint density at radius 2 is 2.07 bits per heavy atom. The minimum absolute atomic E-state index is 0.00643. The summed E-state index contributed by atoms with van der Waals surface area (Å²) >= 11 is 1.34. The molecule has 1 fully saturated rings. The van der Waals surface area contributed by atoms with E-state index in [1.165, 1.54) is 17.4 Å². The molecule has 28 heavy (non-hydrogen) atoms. The number of hydrogen-bond acceptors (Lipinski definition) is 4. The number of thiophene rings is 1. The predicted molar refractivity (Wildman–Crippen MR) is 109 cm³/mol. The summed E-state index contributed by atoms with van der Waals surface area (Å²) in [6.07, 6.45) is 1.84. The Bertz CT molecular complexity index is 1020. The second-order valence-electron chi connectivity index (χ2n) is 6.89. The van der Waals surface area contributed by atoms with E-state index in [1.54, 1.807) is 20.3 Å². The fourth-order valence-electron chi connectivity index (χ4n) is 3.96. The fourth-order valence-corrected chi connectivity index (χ4v) is 5.14. The van der Waals surface area contributed by atoms with Crippen molar-refractivity contribution in [1.29, 1.82) is 0 Å². The highest BCUT2D eigenvalue weighted by Crippen LogP contribution is 2.39. The number of carbonyl (C=O) groups is 1. The highest BCUT2D eigenvalue weighted by atomic mass is 32.1. The number of benzene rings is 2. The maximum absolute atomic E-state index is 14.5. The molecule has 4 rings (SSSR count). The van der Waals surface area contributed by atoms with E-state index < -0.39 is 0 Å². The van der Waals surface area contributed by atoms with Gasteiger partial charge >= 0.3 is 0 Å². The topological polar surface area (TPSA) is 38.8 Å². The van der Waals surface area contributed by atoms with Gasteiger partial charge in [-0.3, -0.25) is 4.79 Å². The SMILES string of the molecule is COCc1c(C(=O)N2CCCC2c2cccc(OC)c2)sc2cccc(F)c12. The Kier molecular flexibility index (Phi) is 5.33. The molecule has 2 aromatic carbocycles. The molecule has 0 N–H and O–H groups in total. The van der Waals surface area contributed by atoms with E-state index in [4.69, 9.17) is 9.47 Å². The van der Waals surface area contributed by atoms with Crippen molar-refractivity contribution in [3.63, 3.8) is 0 Å². The molecule has 0 saturated carbocycles. The number of likely N-dealkylation sites (tertiary alicyclic amines) is 1. The predicted octanol–water partition coefficient (Wildman–Crippen LogP) is 5.17. The molecule has 1 aliphatic rings. The first-order valence-electron chi connectivity index (χ1n) is 9.27. The zero-order valence-corrected chi connectivity index (χ0v) is 16.7. The minimum Gasteiger partial charge on any atom is -0.497 e. The molecule has 2 heterocycles. The van der Waals surface area contributed by atoms with E-state index in [1.807, 2.05) is 35.2 Å². The van der Waals surface area contributed by atoms with Crippen molar-refractivity contribution in [2.75, 3.05) is 20.8 Å². The molecule has 3 aromatic rings. The summed E-state index contributed by atoms with van der Waals surface area (Å²) in [5.41, 5.74) is 1.70. The molecule has 0 bridgehead atoms. The molecule has 1 atom stereocenters. The number of amides is 1. The van der Waals surface area contributed by atoms with Crippen LogP contribution in [0.15, 0.2) is 42.5 Å². The number of hydrogen-bond donors (Lipinski definition) is 0. The fraction of sp³-hybridized carbons (Fsp3) is 0.318. The number of methoxy groups -OCH3 is 2. The van der Waals surface area contributed by atoms with Gasteiger partial charge < -0.3 is 14.4 Å². The average molecular weight is 399 g/mol. The van der Waals surface area contributed by atoms with Gasteiger partial charge in [0.25, 0.3) is 5.91 Å². The van der Waals surface area contributed by atoms with Gasteiger partial charge in [0.05, 0.1) is 24.6 Å². The van der Waals surface area contributed by atoms with Gasteiger partial charge in [0.1, 0.15) is 11.6 Å². The Balaban J connectivity index is 1.74. The summed E-state index contributed by atoms with van der Waals surface area (Å²) < 4.78 is 25.9. The van der Waals surface area contributed by atoms with Crippen molar-refractivity contribution >= 4 is 27.3 Å². The van der Waals surface area contributed by atoms with Gasteiger partial charge in [-0.1, -0.05) is 18.2 Å². The molecule has 0 aliphatic carbocycles. The average Bonchev–Trinajstić information content (AvgIpc) is 3.34. The number of ether oxygens (including phenoxy) is 2. The molecule has 4 nitrogen and oxygen atoms in total. The molecular weight excluding hydrogens is 377 g/mol. The Morgan fingerprint density at radius 3 is 2.86 bits per heavy atom. The smallest absolute Gasteiger partial charge is 0.264 e. The molecule has 1 aliphatic heterocycles. The number of carbonyl (C=O) groups excluding carboxylic acids is 1. The van der Waals surface area contributed by atoms with Crippen LogP contribution in [0.25, 0.3) is 10.1 Å². The molecule has 6 heteroatoms. The van der Waals surface area contributed by atoms with Crippen LogP contribution < -0.4 is 4.74 Å². The van der Waals surface area contributed by atoms with E-state index in [0.29, 0.717) is 22.4 Å². The molecule has 146 valence electrons. The number of fused-ring (bicyclic) bond motifs is 1. The van der Waals surface area contributed by atoms with Crippen LogP contribution in [-0.2, 0) is 11.3 Å². The lowest BCUT2D eigenvalue weighted by Crippen LogP contribution is -2.30. The second-order valence-corrected chi connectivity index (χ2v) is 7.94. The van der Waals surface area contributed by atoms with Crippen molar-refractivity contribution < 1.29 is 18.7 Å². The molecular formula is C22H22FNO3S. The van der Waals surface area contributed by atoms with E-state index in [-0.39, 0.29) is 24.4 Å². The highest BCUT2D eigenvalue weighted by Gasteiger charge is 2.33. The van der Waals surface area contributed by atoms with Crippen LogP contribution in [0.3, 0.4) is 0 Å². The molecule has 1 saturated heterocycles. The minimum atomic E-state index is -0.314. The maximum Gasteiger partial charge on any atom is 0.264 e. The first-order valence-corrected chi connectivity index (χ1v) is 10.1. The van der Waals surface area contributed by atoms with Gasteiger partial charge in [-0.2, -0.15) is 0 Å². The lowest BCUT2D eigenvalue weighted by atomic mass is 10.0. The molecule has 1 aromatic heterocycles. The van der Waals surface area contributed by atoms with Crippen LogP contribution in [0.1, 0.15) is 39.7 Å². The Morgan fingerprint density at radius 1 is 1.25 bits per heavy atom. The lowest BCUT2D eigenvalue weighted by molar-refractivity contribution is 0.0736. The number of rotatable bonds is 5. The van der Waals surface area contributed by atoms with E-state index in [2.05, 4.69) is 0 Å². The van der Waals surface area contributed by atoms with Crippen molar-refractivity contribution in [3.8, 4) is 5.75 Å². The van der Waals surface area contributed by atoms with Gasteiger partial charge in [0.2, 0.25) is 0 Å². The Hall–Kier alpha value is -2.44. The van der Waals surface area contributed by atoms with Gasteiger partial charge in [-0.05, 0) is 42.7 Å². The van der Waals surface area contributed by atoms with E-state index in [9.17, 15) is 9.18 Å². The highest BCUT2D eigenvalue weighted by molar-refractivity contribution is 7.21. The largest absolute Gasteiger partial charge is 0.497 e. The summed E-state index contributed by atoms with van der Waals surface area (Å²) in [6.45, 7) is 0.892. The zero-order valence-electron chi connectivity index (χ0n) is 15.9. The van der Waals surface area contributed by atoms with Crippen LogP contribution in [0.2, 0.25) is 0 Å². The maximum atomic E-state index is 14.5. The molecule has 1 amide bonds. The summed E-state index contributed by atoms with van der Waals surface area (Å²) in [5.74, 6) is 0.407. The Labute approximate surface area is 167 Å². The monoisotopic (exact) mass is 399 g/mol. The standard InChI is InChI=1S/C22H22FNO3S/c1-26-13-16-20-17(23)8-4-10-19(20)28-21(16)22(25)24-11-5-9-18(24)14-6-3-7-15(12-14)27-2/h3-4,6-8,10,12,18H,5,9,11,13H2,1-2H3. The first-order chi connectivity index (χ1) is 13.6. The van der Waals surface area contributed by atoms with Gasteiger partial charge in [-0.25, -0.2) is 4.39 Å². The van der Waals surface area contributed by atoms with Crippen LogP contribution in [-0.4, -0.2) is 31.6 Å². The van der Waals surface area contributed by atoms with Crippen molar-refractivity contribution in [2.24, 2.45) is 0 Å². The van der Waals surface area contributed by atoms with E-state index in [0.717, 1.165) is 28.9 Å². The third kappa shape index (κ3) is 3.27. The third-order valence-electron chi connectivity index (χ3n) is 5.24. The molecule has 1 unspecified atom stereocenters. The van der Waals surface area contributed by atoms with Crippen LogP contribution >= 0.6 is 11.3 Å². The van der Waals surface area contributed by atoms with Gasteiger partial charge in [-0.15, -0.1) is 11.3 Å². The number of nitrogens with zero attached hydrogens (tertiary/aromatic N) is 1. The third-order valence-corrected chi connectivity index (χ3v) is 6.42. The van der Waals surface area contributed by atoms with Crippen molar-refractivity contribution in [2.45, 2.75) is 25.5 Å². The van der Waals surface area contributed by atoms with Crippen LogP contribution in [0, 0.1) is 5.82 Å². The zero-order chi connectivity index (χ0) is 19.7. The van der Waals surface area contributed by atoms with Gasteiger partial charge in [0.15, 0.2) is 0 Å². The number of halogens is 1. The van der Waals surface area contributed by atoms with Crippen LogP contribution in [0.4, 0.5) is 4.39 Å². The summed E-state index contributed by atoms with van der Waals surface area (Å²) in [4.78, 5) is 16.0. The molecule has 0 radical (unpaired) electrons. The second kappa shape index (κ2) is 7.89. The molecule has 0 spiro atoms. The summed E-state index contributed by atoms with van der Waals surface area (Å²) in [6, 6.07) is 12.8. The van der Waals surface area contributed by atoms with Gasteiger partial charge in [0, 0.05) is 29.3 Å². The quantitative estimate of drug-likeness (QED) is 0.594. The van der Waals surface area contributed by atoms with Crippen molar-refractivity contribution in [3.05, 3.63) is 64.3 Å².